The van der Waals surface area contributed by atoms with E-state index in [2.05, 4.69) is 10.1 Å². The van der Waals surface area contributed by atoms with E-state index in [9.17, 15) is 4.79 Å². The van der Waals surface area contributed by atoms with E-state index >= 15 is 0 Å². The minimum Gasteiger partial charge on any atom is -0.478 e. The zero-order chi connectivity index (χ0) is 13.0. The monoisotopic (exact) mass is 248 g/mol. The van der Waals surface area contributed by atoms with E-state index in [1.165, 1.54) is 12.1 Å². The van der Waals surface area contributed by atoms with Crippen molar-refractivity contribution >= 4 is 5.97 Å². The summed E-state index contributed by atoms with van der Waals surface area (Å²) >= 11 is 0. The lowest BCUT2D eigenvalue weighted by Crippen LogP contribution is -1.95. The second-order valence-electron chi connectivity index (χ2n) is 3.64. The van der Waals surface area contributed by atoms with Crippen molar-refractivity contribution < 1.29 is 19.2 Å². The standard InChI is InChI=1S/C12H12N2O4/c1-17-7-6-10-13-11(14-18-10)8-2-4-9(5-3-8)12(15)16/h2-5H,6-7H2,1H3,(H,15,16). The van der Waals surface area contributed by atoms with Crippen LogP contribution in [-0.2, 0) is 11.2 Å². The van der Waals surface area contributed by atoms with Crippen molar-refractivity contribution in [2.75, 3.05) is 13.7 Å². The highest BCUT2D eigenvalue weighted by Crippen LogP contribution is 2.16. The number of carboxylic acid groups (broad SMARTS) is 1. The summed E-state index contributed by atoms with van der Waals surface area (Å²) in [7, 11) is 1.60. The van der Waals surface area contributed by atoms with Crippen LogP contribution < -0.4 is 0 Å². The number of hydrogen-bond acceptors (Lipinski definition) is 5. The van der Waals surface area contributed by atoms with Gasteiger partial charge in [0.1, 0.15) is 0 Å². The zero-order valence-electron chi connectivity index (χ0n) is 9.79. The average molecular weight is 248 g/mol. The van der Waals surface area contributed by atoms with Crippen molar-refractivity contribution in [3.8, 4) is 11.4 Å². The lowest BCUT2D eigenvalue weighted by Gasteiger charge is -1.95. The molecule has 0 bridgehead atoms. The first-order valence-electron chi connectivity index (χ1n) is 5.36. The second-order valence-corrected chi connectivity index (χ2v) is 3.64. The fourth-order valence-corrected chi connectivity index (χ4v) is 1.42. The van der Waals surface area contributed by atoms with Crippen LogP contribution in [0.3, 0.4) is 0 Å². The molecule has 0 radical (unpaired) electrons. The molecular weight excluding hydrogens is 236 g/mol. The topological polar surface area (TPSA) is 85.5 Å². The van der Waals surface area contributed by atoms with E-state index in [0.29, 0.717) is 30.3 Å². The van der Waals surface area contributed by atoms with E-state index in [1.807, 2.05) is 0 Å². The van der Waals surface area contributed by atoms with Crippen molar-refractivity contribution in [1.29, 1.82) is 0 Å². The molecule has 1 aromatic carbocycles. The van der Waals surface area contributed by atoms with E-state index in [0.717, 1.165) is 0 Å². The van der Waals surface area contributed by atoms with Crippen molar-refractivity contribution in [3.63, 3.8) is 0 Å². The van der Waals surface area contributed by atoms with Crippen molar-refractivity contribution in [2.24, 2.45) is 0 Å². The first-order valence-corrected chi connectivity index (χ1v) is 5.36. The quantitative estimate of drug-likeness (QED) is 0.865. The minimum absolute atomic E-state index is 0.224. The van der Waals surface area contributed by atoms with E-state index in [1.54, 1.807) is 19.2 Å². The van der Waals surface area contributed by atoms with E-state index in [-0.39, 0.29) is 5.56 Å². The van der Waals surface area contributed by atoms with Gasteiger partial charge in [0.25, 0.3) is 0 Å². The van der Waals surface area contributed by atoms with Gasteiger partial charge in [-0.05, 0) is 12.1 Å². The highest BCUT2D eigenvalue weighted by atomic mass is 16.5. The second kappa shape index (κ2) is 5.42. The summed E-state index contributed by atoms with van der Waals surface area (Å²) in [6, 6.07) is 6.30. The van der Waals surface area contributed by atoms with Crippen molar-refractivity contribution in [1.82, 2.24) is 10.1 Å². The van der Waals surface area contributed by atoms with Crippen LogP contribution >= 0.6 is 0 Å². The molecule has 1 N–H and O–H groups in total. The van der Waals surface area contributed by atoms with E-state index in [4.69, 9.17) is 14.4 Å². The number of benzene rings is 1. The summed E-state index contributed by atoms with van der Waals surface area (Å²) in [6.07, 6.45) is 0.552. The summed E-state index contributed by atoms with van der Waals surface area (Å²) in [4.78, 5) is 14.9. The molecule has 6 heteroatoms. The lowest BCUT2D eigenvalue weighted by molar-refractivity contribution is 0.0697. The summed E-state index contributed by atoms with van der Waals surface area (Å²) in [5, 5.41) is 12.6. The van der Waals surface area contributed by atoms with Crippen LogP contribution in [-0.4, -0.2) is 34.9 Å². The van der Waals surface area contributed by atoms with Gasteiger partial charge in [-0.2, -0.15) is 4.98 Å². The van der Waals surface area contributed by atoms with Crippen LogP contribution in [0.1, 0.15) is 16.2 Å². The summed E-state index contributed by atoms with van der Waals surface area (Å²) < 4.78 is 9.95. The van der Waals surface area contributed by atoms with Crippen LogP contribution in [0.2, 0.25) is 0 Å². The molecule has 0 saturated heterocycles. The largest absolute Gasteiger partial charge is 0.478 e. The van der Waals surface area contributed by atoms with Gasteiger partial charge < -0.3 is 14.4 Å². The van der Waals surface area contributed by atoms with Gasteiger partial charge in [-0.25, -0.2) is 4.79 Å². The van der Waals surface area contributed by atoms with Crippen LogP contribution in [0, 0.1) is 0 Å². The van der Waals surface area contributed by atoms with Crippen LogP contribution in [0.5, 0.6) is 0 Å². The molecule has 0 amide bonds. The number of aromatic nitrogens is 2. The van der Waals surface area contributed by atoms with Crippen LogP contribution in [0.15, 0.2) is 28.8 Å². The SMILES string of the molecule is COCCc1nc(-c2ccc(C(=O)O)cc2)no1. The predicted molar refractivity (Wildman–Crippen MR) is 62.3 cm³/mol. The van der Waals surface area contributed by atoms with E-state index < -0.39 is 5.97 Å². The molecule has 0 atom stereocenters. The Kier molecular flexibility index (Phi) is 3.69. The molecule has 1 heterocycles. The third kappa shape index (κ3) is 2.72. The van der Waals surface area contributed by atoms with Gasteiger partial charge in [0.15, 0.2) is 0 Å². The normalized spacial score (nSPS) is 10.5. The van der Waals surface area contributed by atoms with Gasteiger partial charge in [0.2, 0.25) is 11.7 Å². The Morgan fingerprint density at radius 2 is 2.11 bits per heavy atom. The molecule has 0 spiro atoms. The molecule has 0 aliphatic carbocycles. The molecular formula is C12H12N2O4. The minimum atomic E-state index is -0.963. The number of ether oxygens (including phenoxy) is 1. The molecule has 0 aliphatic rings. The third-order valence-electron chi connectivity index (χ3n) is 2.38. The number of methoxy groups -OCH3 is 1. The highest BCUT2D eigenvalue weighted by Gasteiger charge is 2.09. The molecule has 0 unspecified atom stereocenters. The molecule has 0 aliphatic heterocycles. The molecule has 18 heavy (non-hydrogen) atoms. The van der Waals surface area contributed by atoms with Gasteiger partial charge in [0.05, 0.1) is 18.6 Å². The first-order chi connectivity index (χ1) is 8.70. The fraction of sp³-hybridized carbons (Fsp3) is 0.250. The van der Waals surface area contributed by atoms with Gasteiger partial charge in [-0.1, -0.05) is 17.3 Å². The number of hydrogen-bond donors (Lipinski definition) is 1. The Hall–Kier alpha value is -2.21. The Morgan fingerprint density at radius 1 is 1.39 bits per heavy atom. The van der Waals surface area contributed by atoms with Crippen molar-refractivity contribution in [2.45, 2.75) is 6.42 Å². The average Bonchev–Trinajstić information content (AvgIpc) is 2.85. The predicted octanol–water partition coefficient (Wildman–Crippen LogP) is 1.62. The first kappa shape index (κ1) is 12.3. The molecule has 94 valence electrons. The molecule has 0 fully saturated rings. The number of rotatable bonds is 5. The molecule has 2 rings (SSSR count). The Balaban J connectivity index is 2.15. The maximum absolute atomic E-state index is 10.7. The highest BCUT2D eigenvalue weighted by molar-refractivity contribution is 5.88. The number of nitrogens with zero attached hydrogens (tertiary/aromatic N) is 2. The number of carboxylic acids is 1. The van der Waals surface area contributed by atoms with Crippen LogP contribution in [0.25, 0.3) is 11.4 Å². The smallest absolute Gasteiger partial charge is 0.335 e. The van der Waals surface area contributed by atoms with Crippen LogP contribution in [0.4, 0.5) is 0 Å². The van der Waals surface area contributed by atoms with Crippen molar-refractivity contribution in [3.05, 3.63) is 35.7 Å². The number of carbonyl (C=O) groups is 1. The van der Waals surface area contributed by atoms with Gasteiger partial charge in [-0.15, -0.1) is 0 Å². The summed E-state index contributed by atoms with van der Waals surface area (Å²) in [5.74, 6) is -0.0253. The Bertz CT molecular complexity index is 533. The summed E-state index contributed by atoms with van der Waals surface area (Å²) in [6.45, 7) is 0.513. The zero-order valence-corrected chi connectivity index (χ0v) is 9.79. The molecule has 0 saturated carbocycles. The van der Waals surface area contributed by atoms with Gasteiger partial charge >= 0.3 is 5.97 Å². The maximum Gasteiger partial charge on any atom is 0.335 e. The summed E-state index contributed by atoms with van der Waals surface area (Å²) in [5.41, 5.74) is 0.939. The Morgan fingerprint density at radius 3 is 2.72 bits per heavy atom. The van der Waals surface area contributed by atoms with Gasteiger partial charge in [-0.3, -0.25) is 0 Å². The third-order valence-corrected chi connectivity index (χ3v) is 2.38. The molecule has 2 aromatic rings. The maximum atomic E-state index is 10.7. The van der Waals surface area contributed by atoms with Gasteiger partial charge in [0, 0.05) is 12.7 Å². The number of aromatic carboxylic acids is 1. The molecule has 1 aromatic heterocycles. The lowest BCUT2D eigenvalue weighted by atomic mass is 10.1. The Labute approximate surface area is 103 Å². The molecule has 6 nitrogen and oxygen atoms in total. The fourth-order valence-electron chi connectivity index (χ4n) is 1.42.